The normalized spacial score (nSPS) is 16.9. The van der Waals surface area contributed by atoms with E-state index in [4.69, 9.17) is 0 Å². The van der Waals surface area contributed by atoms with Crippen LogP contribution in [0.3, 0.4) is 0 Å². The number of amides is 1. The molecule has 0 radical (unpaired) electrons. The van der Waals surface area contributed by atoms with Gasteiger partial charge in [0.1, 0.15) is 0 Å². The van der Waals surface area contributed by atoms with Crippen molar-refractivity contribution in [2.24, 2.45) is 5.10 Å². The summed E-state index contributed by atoms with van der Waals surface area (Å²) in [6.45, 7) is 0. The number of benzene rings is 2. The molecule has 0 fully saturated rings. The summed E-state index contributed by atoms with van der Waals surface area (Å²) in [6, 6.07) is 23.9. The number of carbonyl (C=O) groups excluding carboxylic acids is 1. The predicted octanol–water partition coefficient (Wildman–Crippen LogP) is 4.74. The maximum atomic E-state index is 12.9. The van der Waals surface area contributed by atoms with Gasteiger partial charge in [0.05, 0.1) is 16.6 Å². The summed E-state index contributed by atoms with van der Waals surface area (Å²) in [5.74, 6) is -0.0372. The zero-order valence-corrected chi connectivity index (χ0v) is 13.8. The molecule has 1 amide bonds. The molecule has 1 aromatic heterocycles. The van der Waals surface area contributed by atoms with Crippen LogP contribution in [-0.4, -0.2) is 16.6 Å². The third-order valence-corrected chi connectivity index (χ3v) is 5.00. The van der Waals surface area contributed by atoms with Gasteiger partial charge in [0.2, 0.25) is 0 Å². The minimum absolute atomic E-state index is 0.0372. The Kier molecular flexibility index (Phi) is 3.97. The summed E-state index contributed by atoms with van der Waals surface area (Å²) in [4.78, 5) is 13.6. The van der Waals surface area contributed by atoms with Crippen molar-refractivity contribution in [3.8, 4) is 0 Å². The van der Waals surface area contributed by atoms with Gasteiger partial charge >= 0.3 is 0 Å². The Balaban J connectivity index is 1.73. The van der Waals surface area contributed by atoms with Gasteiger partial charge in [-0.2, -0.15) is 5.10 Å². The summed E-state index contributed by atoms with van der Waals surface area (Å²) in [7, 11) is 0. The van der Waals surface area contributed by atoms with Crippen LogP contribution in [0.25, 0.3) is 0 Å². The molecule has 0 bridgehead atoms. The number of rotatable bonds is 3. The number of thiophene rings is 1. The molecule has 0 saturated heterocycles. The topological polar surface area (TPSA) is 32.7 Å². The fraction of sp³-hybridized carbons (Fsp3) is 0.100. The van der Waals surface area contributed by atoms with Crippen LogP contribution in [-0.2, 0) is 0 Å². The molecule has 118 valence electrons. The van der Waals surface area contributed by atoms with Gasteiger partial charge in [-0.3, -0.25) is 4.79 Å². The van der Waals surface area contributed by atoms with Crippen molar-refractivity contribution >= 4 is 23.0 Å². The number of hydrogen-bond donors (Lipinski definition) is 0. The van der Waals surface area contributed by atoms with E-state index >= 15 is 0 Å². The highest BCUT2D eigenvalue weighted by molar-refractivity contribution is 7.12. The van der Waals surface area contributed by atoms with Crippen LogP contribution in [0, 0.1) is 0 Å². The van der Waals surface area contributed by atoms with E-state index in [2.05, 4.69) is 17.2 Å². The van der Waals surface area contributed by atoms with Gasteiger partial charge < -0.3 is 0 Å². The van der Waals surface area contributed by atoms with Crippen LogP contribution < -0.4 is 0 Å². The molecule has 0 N–H and O–H groups in total. The van der Waals surface area contributed by atoms with Gasteiger partial charge in [-0.15, -0.1) is 11.3 Å². The van der Waals surface area contributed by atoms with E-state index in [0.717, 1.165) is 23.3 Å². The van der Waals surface area contributed by atoms with Gasteiger partial charge in [-0.1, -0.05) is 66.7 Å². The highest BCUT2D eigenvalue weighted by Crippen LogP contribution is 2.34. The van der Waals surface area contributed by atoms with Crippen molar-refractivity contribution in [3.05, 3.63) is 94.2 Å². The standard InChI is InChI=1S/C20H16N2OS/c23-20(19-12-7-13-24-19)22-18(16-10-5-2-6-11-16)14-17(21-22)15-8-3-1-4-9-15/h1-13,18H,14H2/t18-/m0/s1. The number of carbonyl (C=O) groups is 1. The van der Waals surface area contributed by atoms with Gasteiger partial charge in [-0.05, 0) is 22.6 Å². The molecule has 0 spiro atoms. The molecule has 4 heteroatoms. The van der Waals surface area contributed by atoms with E-state index in [-0.39, 0.29) is 11.9 Å². The SMILES string of the molecule is O=C(c1cccs1)N1N=C(c2ccccc2)C[C@H]1c1ccccc1. The first-order valence-electron chi connectivity index (χ1n) is 7.88. The van der Waals surface area contributed by atoms with Crippen molar-refractivity contribution in [1.82, 2.24) is 5.01 Å². The Morgan fingerprint density at radius 2 is 1.67 bits per heavy atom. The third kappa shape index (κ3) is 2.76. The van der Waals surface area contributed by atoms with E-state index in [9.17, 15) is 4.79 Å². The predicted molar refractivity (Wildman–Crippen MR) is 97.3 cm³/mol. The zero-order valence-electron chi connectivity index (χ0n) is 13.0. The minimum atomic E-state index is -0.0593. The van der Waals surface area contributed by atoms with Crippen LogP contribution in [0.5, 0.6) is 0 Å². The van der Waals surface area contributed by atoms with Crippen molar-refractivity contribution in [1.29, 1.82) is 0 Å². The summed E-state index contributed by atoms with van der Waals surface area (Å²) < 4.78 is 0. The first kappa shape index (κ1) is 14.8. The molecule has 0 aliphatic carbocycles. The van der Waals surface area contributed by atoms with Gasteiger partial charge in [0.15, 0.2) is 0 Å². The van der Waals surface area contributed by atoms with E-state index in [1.165, 1.54) is 11.3 Å². The second-order valence-electron chi connectivity index (χ2n) is 5.67. The monoisotopic (exact) mass is 332 g/mol. The maximum Gasteiger partial charge on any atom is 0.284 e. The van der Waals surface area contributed by atoms with Gasteiger partial charge in [-0.25, -0.2) is 5.01 Å². The molecule has 2 heterocycles. The minimum Gasteiger partial charge on any atom is -0.266 e. The van der Waals surface area contributed by atoms with E-state index < -0.39 is 0 Å². The quantitative estimate of drug-likeness (QED) is 0.682. The average molecular weight is 332 g/mol. The second-order valence-corrected chi connectivity index (χ2v) is 6.62. The van der Waals surface area contributed by atoms with Crippen LogP contribution in [0.4, 0.5) is 0 Å². The second kappa shape index (κ2) is 6.42. The fourth-order valence-corrected chi connectivity index (χ4v) is 3.61. The van der Waals surface area contributed by atoms with Gasteiger partial charge in [0, 0.05) is 6.42 Å². The molecule has 0 saturated carbocycles. The molecule has 0 unspecified atom stereocenters. The largest absolute Gasteiger partial charge is 0.284 e. The lowest BCUT2D eigenvalue weighted by Gasteiger charge is -2.21. The number of hydrazone groups is 1. The summed E-state index contributed by atoms with van der Waals surface area (Å²) in [5, 5.41) is 8.24. The smallest absolute Gasteiger partial charge is 0.266 e. The van der Waals surface area contributed by atoms with Crippen LogP contribution in [0.1, 0.15) is 33.3 Å². The Bertz CT molecular complexity index is 857. The highest BCUT2D eigenvalue weighted by atomic mass is 32.1. The average Bonchev–Trinajstić information content (AvgIpc) is 3.33. The Labute approximate surface area is 144 Å². The van der Waals surface area contributed by atoms with E-state index in [0.29, 0.717) is 4.88 Å². The van der Waals surface area contributed by atoms with Crippen LogP contribution in [0.15, 0.2) is 83.3 Å². The summed E-state index contributed by atoms with van der Waals surface area (Å²) >= 11 is 1.45. The zero-order chi connectivity index (χ0) is 16.4. The fourth-order valence-electron chi connectivity index (χ4n) is 2.95. The molecule has 3 nitrogen and oxygen atoms in total. The Morgan fingerprint density at radius 3 is 2.33 bits per heavy atom. The van der Waals surface area contributed by atoms with Crippen LogP contribution >= 0.6 is 11.3 Å². The maximum absolute atomic E-state index is 12.9. The first-order chi connectivity index (χ1) is 11.8. The van der Waals surface area contributed by atoms with Crippen molar-refractivity contribution < 1.29 is 4.79 Å². The summed E-state index contributed by atoms with van der Waals surface area (Å²) in [6.07, 6.45) is 0.727. The first-order valence-corrected chi connectivity index (χ1v) is 8.76. The molecule has 1 aliphatic rings. The number of hydrogen-bond acceptors (Lipinski definition) is 3. The molecule has 24 heavy (non-hydrogen) atoms. The Morgan fingerprint density at radius 1 is 0.958 bits per heavy atom. The lowest BCUT2D eigenvalue weighted by atomic mass is 9.98. The molecule has 1 atom stereocenters. The molecule has 2 aromatic carbocycles. The lowest BCUT2D eigenvalue weighted by molar-refractivity contribution is 0.0716. The molecule has 4 rings (SSSR count). The van der Waals surface area contributed by atoms with E-state index in [1.54, 1.807) is 5.01 Å². The molecule has 1 aliphatic heterocycles. The van der Waals surface area contributed by atoms with Crippen molar-refractivity contribution in [3.63, 3.8) is 0 Å². The molecule has 3 aromatic rings. The highest BCUT2D eigenvalue weighted by Gasteiger charge is 2.33. The molecular formula is C20H16N2OS. The third-order valence-electron chi connectivity index (χ3n) is 4.14. The molecular weight excluding hydrogens is 316 g/mol. The van der Waals surface area contributed by atoms with E-state index in [1.807, 2.05) is 66.0 Å². The van der Waals surface area contributed by atoms with Crippen molar-refractivity contribution in [2.75, 3.05) is 0 Å². The Hall–Kier alpha value is -2.72. The lowest BCUT2D eigenvalue weighted by Crippen LogP contribution is -2.26. The number of nitrogens with zero attached hydrogens (tertiary/aromatic N) is 2. The van der Waals surface area contributed by atoms with Gasteiger partial charge in [0.25, 0.3) is 5.91 Å². The van der Waals surface area contributed by atoms with Crippen LogP contribution in [0.2, 0.25) is 0 Å². The summed E-state index contributed by atoms with van der Waals surface area (Å²) in [5.41, 5.74) is 3.13. The van der Waals surface area contributed by atoms with Crippen molar-refractivity contribution in [2.45, 2.75) is 12.5 Å².